The van der Waals surface area contributed by atoms with Gasteiger partial charge < -0.3 is 4.57 Å². The molecule has 1 aromatic carbocycles. The molecule has 8 nitrogen and oxygen atoms in total. The molecule has 0 fully saturated rings. The first-order chi connectivity index (χ1) is 14.9. The van der Waals surface area contributed by atoms with E-state index in [0.29, 0.717) is 17.7 Å². The molecule has 0 saturated heterocycles. The maximum Gasteiger partial charge on any atom is 0.221 e. The number of unbranched alkanes of at least 4 members (excludes halogenated alkanes) is 1. The van der Waals surface area contributed by atoms with Crippen LogP contribution in [0, 0.1) is 0 Å². The van der Waals surface area contributed by atoms with Crippen LogP contribution in [-0.4, -0.2) is 40.0 Å². The molecule has 0 bridgehead atoms. The van der Waals surface area contributed by atoms with Crippen LogP contribution in [-0.2, 0) is 18.4 Å². The van der Waals surface area contributed by atoms with E-state index in [4.69, 9.17) is 11.6 Å². The first-order valence-electron chi connectivity index (χ1n) is 10.5. The number of tetrazole rings is 1. The Balaban J connectivity index is 1.61. The molecule has 162 valence electrons. The van der Waals surface area contributed by atoms with E-state index in [0.717, 1.165) is 47.6 Å². The Morgan fingerprint density at radius 2 is 1.87 bits per heavy atom. The highest BCUT2D eigenvalue weighted by Gasteiger charge is 2.25. The van der Waals surface area contributed by atoms with E-state index in [-0.39, 0.29) is 5.41 Å². The lowest BCUT2D eigenvalue weighted by Gasteiger charge is -2.19. The molecule has 0 spiro atoms. The van der Waals surface area contributed by atoms with Crippen molar-refractivity contribution < 1.29 is 0 Å². The largest absolute Gasteiger partial charge is 0.313 e. The second-order valence-corrected chi connectivity index (χ2v) is 9.00. The Morgan fingerprint density at radius 1 is 1.10 bits per heavy atom. The summed E-state index contributed by atoms with van der Waals surface area (Å²) < 4.78 is 3.85. The second-order valence-electron chi connectivity index (χ2n) is 8.66. The van der Waals surface area contributed by atoms with Crippen molar-refractivity contribution in [3.8, 4) is 17.2 Å². The van der Waals surface area contributed by atoms with E-state index >= 15 is 0 Å². The SMILES string of the molecule is CCCCc1nc(Cl)n(Cc2ccc(-n3ccc(C(C)(C)C)c3-c3nn[nH]n3)cc2)n1. The first-order valence-corrected chi connectivity index (χ1v) is 10.9. The fourth-order valence-corrected chi connectivity index (χ4v) is 3.78. The van der Waals surface area contributed by atoms with Gasteiger partial charge in [-0.05, 0) is 58.0 Å². The van der Waals surface area contributed by atoms with Crippen molar-refractivity contribution >= 4 is 11.6 Å². The van der Waals surface area contributed by atoms with Crippen LogP contribution in [0.5, 0.6) is 0 Å². The van der Waals surface area contributed by atoms with Crippen molar-refractivity contribution in [1.82, 2.24) is 40.0 Å². The molecule has 4 rings (SSSR count). The number of benzene rings is 1. The number of hydrogen-bond acceptors (Lipinski definition) is 5. The summed E-state index contributed by atoms with van der Waals surface area (Å²) in [6, 6.07) is 10.4. The van der Waals surface area contributed by atoms with Gasteiger partial charge in [0.1, 0.15) is 0 Å². The fourth-order valence-electron chi connectivity index (χ4n) is 3.59. The molecule has 0 aliphatic heterocycles. The minimum atomic E-state index is -0.0551. The molecule has 0 saturated carbocycles. The van der Waals surface area contributed by atoms with E-state index in [9.17, 15) is 0 Å². The van der Waals surface area contributed by atoms with Crippen LogP contribution in [0.2, 0.25) is 5.28 Å². The average Bonchev–Trinajstić information content (AvgIpc) is 3.46. The maximum atomic E-state index is 6.29. The third-order valence-corrected chi connectivity index (χ3v) is 5.50. The van der Waals surface area contributed by atoms with Crippen molar-refractivity contribution in [3.63, 3.8) is 0 Å². The Bertz CT molecular complexity index is 1130. The van der Waals surface area contributed by atoms with Crippen LogP contribution in [0.15, 0.2) is 36.5 Å². The number of aromatic amines is 1. The smallest absolute Gasteiger partial charge is 0.221 e. The normalized spacial score (nSPS) is 11.9. The Hall–Kier alpha value is -3.00. The number of H-pyrrole nitrogens is 1. The zero-order chi connectivity index (χ0) is 22.0. The minimum Gasteiger partial charge on any atom is -0.313 e. The van der Waals surface area contributed by atoms with Gasteiger partial charge in [0.05, 0.1) is 12.2 Å². The molecule has 0 amide bonds. The van der Waals surface area contributed by atoms with E-state index in [1.54, 1.807) is 4.68 Å². The lowest BCUT2D eigenvalue weighted by Crippen LogP contribution is -2.13. The predicted octanol–water partition coefficient (Wildman–Crippen LogP) is 4.59. The van der Waals surface area contributed by atoms with Gasteiger partial charge >= 0.3 is 0 Å². The summed E-state index contributed by atoms with van der Waals surface area (Å²) in [4.78, 5) is 4.37. The molecule has 1 N–H and O–H groups in total. The molecular weight excluding hydrogens is 412 g/mol. The molecule has 0 aliphatic rings. The summed E-state index contributed by atoms with van der Waals surface area (Å²) in [5.74, 6) is 1.38. The topological polar surface area (TPSA) is 90.1 Å². The molecule has 0 radical (unpaired) electrons. The van der Waals surface area contributed by atoms with Gasteiger partial charge in [0.15, 0.2) is 5.82 Å². The summed E-state index contributed by atoms with van der Waals surface area (Å²) in [5, 5.41) is 19.7. The molecule has 0 aliphatic carbocycles. The average molecular weight is 439 g/mol. The number of aromatic nitrogens is 8. The molecule has 3 heterocycles. The monoisotopic (exact) mass is 438 g/mol. The summed E-state index contributed by atoms with van der Waals surface area (Å²) >= 11 is 6.29. The van der Waals surface area contributed by atoms with Crippen molar-refractivity contribution in [1.29, 1.82) is 0 Å². The van der Waals surface area contributed by atoms with Crippen LogP contribution in [0.25, 0.3) is 17.2 Å². The van der Waals surface area contributed by atoms with Crippen molar-refractivity contribution in [2.45, 2.75) is 58.9 Å². The number of aryl methyl sites for hydroxylation is 1. The van der Waals surface area contributed by atoms with Crippen LogP contribution < -0.4 is 0 Å². The summed E-state index contributed by atoms with van der Waals surface area (Å²) in [5.41, 5.74) is 4.16. The highest BCUT2D eigenvalue weighted by atomic mass is 35.5. The zero-order valence-electron chi connectivity index (χ0n) is 18.3. The predicted molar refractivity (Wildman–Crippen MR) is 120 cm³/mol. The number of hydrogen-bond donors (Lipinski definition) is 1. The summed E-state index contributed by atoms with van der Waals surface area (Å²) in [6.45, 7) is 9.26. The number of nitrogens with one attached hydrogen (secondary N) is 1. The van der Waals surface area contributed by atoms with Crippen LogP contribution >= 0.6 is 11.6 Å². The third kappa shape index (κ3) is 4.54. The van der Waals surface area contributed by atoms with Crippen LogP contribution in [0.1, 0.15) is 57.5 Å². The van der Waals surface area contributed by atoms with Crippen molar-refractivity contribution in [2.75, 3.05) is 0 Å². The quantitative estimate of drug-likeness (QED) is 0.455. The molecule has 9 heteroatoms. The Labute approximate surface area is 186 Å². The van der Waals surface area contributed by atoms with E-state index in [1.807, 2.05) is 0 Å². The van der Waals surface area contributed by atoms with Crippen molar-refractivity contribution in [3.05, 3.63) is 58.8 Å². The summed E-state index contributed by atoms with van der Waals surface area (Å²) in [7, 11) is 0. The van der Waals surface area contributed by atoms with Gasteiger partial charge in [-0.3, -0.25) is 0 Å². The molecule has 3 aromatic heterocycles. The highest BCUT2D eigenvalue weighted by molar-refractivity contribution is 6.28. The summed E-state index contributed by atoms with van der Waals surface area (Å²) in [6.07, 6.45) is 5.07. The molecular formula is C22H27ClN8. The molecule has 4 aromatic rings. The lowest BCUT2D eigenvalue weighted by atomic mass is 9.87. The molecule has 0 atom stereocenters. The Morgan fingerprint density at radius 3 is 2.52 bits per heavy atom. The van der Waals surface area contributed by atoms with Crippen molar-refractivity contribution in [2.24, 2.45) is 0 Å². The zero-order valence-corrected chi connectivity index (χ0v) is 19.1. The van der Waals surface area contributed by atoms with Gasteiger partial charge in [0.25, 0.3) is 0 Å². The van der Waals surface area contributed by atoms with Crippen LogP contribution in [0.3, 0.4) is 0 Å². The second kappa shape index (κ2) is 8.63. The number of rotatable bonds is 7. The fraction of sp³-hybridized carbons (Fsp3) is 0.409. The first kappa shape index (κ1) is 21.2. The molecule has 0 unspecified atom stereocenters. The van der Waals surface area contributed by atoms with Gasteiger partial charge in [-0.1, -0.05) is 46.2 Å². The minimum absolute atomic E-state index is 0.0551. The Kier molecular flexibility index (Phi) is 5.91. The standard InChI is InChI=1S/C22H27ClN8/c1-5-6-7-18-24-21(23)31(27-18)14-15-8-10-16(11-9-15)30-13-12-17(22(2,3)4)19(30)20-25-28-29-26-20/h8-13H,5-7,14H2,1-4H3,(H,25,26,28,29). The lowest BCUT2D eigenvalue weighted by molar-refractivity contribution is 0.591. The van der Waals surface area contributed by atoms with Gasteiger partial charge in [0, 0.05) is 18.3 Å². The van der Waals surface area contributed by atoms with Crippen LogP contribution in [0.4, 0.5) is 0 Å². The van der Waals surface area contributed by atoms with Gasteiger partial charge in [-0.15, -0.1) is 10.2 Å². The van der Waals surface area contributed by atoms with Gasteiger partial charge in [-0.25, -0.2) is 9.67 Å². The number of nitrogens with zero attached hydrogens (tertiary/aromatic N) is 7. The maximum absolute atomic E-state index is 6.29. The van der Waals surface area contributed by atoms with E-state index < -0.39 is 0 Å². The van der Waals surface area contributed by atoms with E-state index in [2.05, 4.69) is 99.5 Å². The molecule has 31 heavy (non-hydrogen) atoms. The van der Waals surface area contributed by atoms with E-state index in [1.165, 1.54) is 0 Å². The highest BCUT2D eigenvalue weighted by Crippen LogP contribution is 2.34. The third-order valence-electron chi connectivity index (χ3n) is 5.22. The number of halogens is 1. The van der Waals surface area contributed by atoms with Gasteiger partial charge in [0.2, 0.25) is 11.1 Å². The van der Waals surface area contributed by atoms with Gasteiger partial charge in [-0.2, -0.15) is 10.3 Å².